The van der Waals surface area contributed by atoms with E-state index in [0.29, 0.717) is 26.1 Å². The van der Waals surface area contributed by atoms with Gasteiger partial charge in [0.25, 0.3) is 5.56 Å². The van der Waals surface area contributed by atoms with Crippen LogP contribution in [0.15, 0.2) is 15.8 Å². The molecule has 4 rings (SSSR count). The third kappa shape index (κ3) is 8.08. The summed E-state index contributed by atoms with van der Waals surface area (Å²) in [6.07, 6.45) is 2.01. The summed E-state index contributed by atoms with van der Waals surface area (Å²) in [5, 5.41) is -0.121. The molecular weight excluding hydrogens is 588 g/mol. The Morgan fingerprint density at radius 2 is 1.86 bits per heavy atom. The van der Waals surface area contributed by atoms with E-state index in [9.17, 15) is 18.5 Å². The molecule has 3 aliphatic heterocycles. The number of H-pyrrole nitrogens is 1. The first-order chi connectivity index (χ1) is 19.5. The molecule has 0 aliphatic carbocycles. The van der Waals surface area contributed by atoms with Crippen molar-refractivity contribution in [2.75, 3.05) is 32.9 Å². The lowest BCUT2D eigenvalue weighted by atomic mass is 10.2. The van der Waals surface area contributed by atoms with E-state index in [1.807, 2.05) is 18.8 Å². The van der Waals surface area contributed by atoms with Gasteiger partial charge in [0.1, 0.15) is 12.3 Å². The van der Waals surface area contributed by atoms with Gasteiger partial charge in [-0.25, -0.2) is 14.0 Å². The van der Waals surface area contributed by atoms with Crippen LogP contribution in [-0.4, -0.2) is 79.5 Å². The average molecular weight is 636 g/mol. The van der Waals surface area contributed by atoms with Gasteiger partial charge in [-0.05, 0) is 51.2 Å². The third-order valence-corrected chi connectivity index (χ3v) is 15.1. The second-order valence-electron chi connectivity index (χ2n) is 13.3. The Labute approximate surface area is 247 Å². The van der Waals surface area contributed by atoms with Crippen LogP contribution in [0.2, 0.25) is 18.1 Å². The first-order valence-corrected chi connectivity index (χ1v) is 19.2. The molecule has 0 radical (unpaired) electrons. The third-order valence-electron chi connectivity index (χ3n) is 8.51. The molecule has 12 nitrogen and oxygen atoms in total. The highest BCUT2D eigenvalue weighted by molar-refractivity contribution is 7.51. The minimum absolute atomic E-state index is 0.121. The maximum Gasteiger partial charge on any atom is 0.408 e. The number of nitrogens with zero attached hydrogens (tertiary/aromatic N) is 2. The Balaban J connectivity index is 1.51. The summed E-state index contributed by atoms with van der Waals surface area (Å²) in [6, 6.07) is 0. The molecule has 0 spiro atoms. The van der Waals surface area contributed by atoms with Crippen molar-refractivity contribution in [3.05, 3.63) is 32.9 Å². The predicted octanol–water partition coefficient (Wildman–Crippen LogP) is 4.52. The molecule has 0 bridgehead atoms. The van der Waals surface area contributed by atoms with Gasteiger partial charge >= 0.3 is 13.4 Å². The second-order valence-corrected chi connectivity index (χ2v) is 20.1. The van der Waals surface area contributed by atoms with Crippen molar-refractivity contribution in [1.82, 2.24) is 14.2 Å². The molecule has 0 amide bonds. The summed E-state index contributed by atoms with van der Waals surface area (Å²) in [7, 11) is -6.05. The molecule has 1 aromatic rings. The van der Waals surface area contributed by atoms with Crippen LogP contribution in [0.4, 0.5) is 4.39 Å². The van der Waals surface area contributed by atoms with E-state index in [1.165, 1.54) is 0 Å². The molecule has 3 saturated heterocycles. The Morgan fingerprint density at radius 3 is 2.48 bits per heavy atom. The van der Waals surface area contributed by atoms with Gasteiger partial charge < -0.3 is 18.6 Å². The summed E-state index contributed by atoms with van der Waals surface area (Å²) in [5.74, 6) is -1.76. The number of hydrogen-bond donors (Lipinski definition) is 1. The van der Waals surface area contributed by atoms with E-state index in [1.54, 1.807) is 4.67 Å². The van der Waals surface area contributed by atoms with Gasteiger partial charge in [0.05, 0.1) is 38.2 Å². The Kier molecular flexibility index (Phi) is 10.4. The first kappa shape index (κ1) is 33.7. The fraction of sp³-hybridized carbons (Fsp3) is 0.852. The summed E-state index contributed by atoms with van der Waals surface area (Å²) < 4.78 is 67.7. The fourth-order valence-electron chi connectivity index (χ4n) is 5.07. The summed E-state index contributed by atoms with van der Waals surface area (Å²) in [4.78, 5) is 26.1. The average Bonchev–Trinajstić information content (AvgIpc) is 3.46. The molecular formula is C27H47FN3O9PSi. The highest BCUT2D eigenvalue weighted by atomic mass is 31.2. The monoisotopic (exact) mass is 635 g/mol. The zero-order valence-electron chi connectivity index (χ0n) is 25.9. The lowest BCUT2D eigenvalue weighted by Crippen LogP contribution is -2.46. The van der Waals surface area contributed by atoms with Crippen LogP contribution >= 0.6 is 7.75 Å². The Hall–Kier alpha value is -1.22. The summed E-state index contributed by atoms with van der Waals surface area (Å²) >= 11 is 0. The van der Waals surface area contributed by atoms with Gasteiger partial charge in [-0.3, -0.25) is 23.4 Å². The van der Waals surface area contributed by atoms with Gasteiger partial charge in [0.15, 0.2) is 14.1 Å². The SMILES string of the molecule is CC1(C)OCC(CCOP(=O)(OC[C@H]2O[C@@H](n3cc(F)c(=O)[nH]c3=O)C[C@@H]2O[Si](C)(C)C(C)(C)C)N2CCCCC2)O1. The van der Waals surface area contributed by atoms with Gasteiger partial charge in [0, 0.05) is 19.5 Å². The van der Waals surface area contributed by atoms with Crippen molar-refractivity contribution < 1.29 is 36.6 Å². The molecule has 0 aromatic carbocycles. The lowest BCUT2D eigenvalue weighted by Gasteiger charge is -2.39. The number of aromatic amines is 1. The van der Waals surface area contributed by atoms with Crippen LogP contribution in [0, 0.1) is 5.82 Å². The van der Waals surface area contributed by atoms with E-state index in [2.05, 4.69) is 33.9 Å². The molecule has 240 valence electrons. The zero-order valence-corrected chi connectivity index (χ0v) is 27.7. The van der Waals surface area contributed by atoms with Gasteiger partial charge in [-0.1, -0.05) is 27.2 Å². The number of halogens is 1. The Morgan fingerprint density at radius 1 is 1.17 bits per heavy atom. The normalized spacial score (nSPS) is 28.7. The first-order valence-electron chi connectivity index (χ1n) is 14.8. The number of hydrogen-bond acceptors (Lipinski definition) is 9. The van der Waals surface area contributed by atoms with Crippen molar-refractivity contribution in [2.45, 2.75) is 115 Å². The van der Waals surface area contributed by atoms with Crippen LogP contribution in [-0.2, 0) is 32.2 Å². The predicted molar refractivity (Wildman–Crippen MR) is 156 cm³/mol. The van der Waals surface area contributed by atoms with Gasteiger partial charge in [-0.15, -0.1) is 0 Å². The smallest absolute Gasteiger partial charge is 0.408 e. The molecule has 0 saturated carbocycles. The molecule has 2 unspecified atom stereocenters. The fourth-order valence-corrected chi connectivity index (χ4v) is 8.27. The number of ether oxygens (including phenoxy) is 3. The molecule has 5 atom stereocenters. The minimum atomic E-state index is -3.73. The van der Waals surface area contributed by atoms with E-state index in [4.69, 9.17) is 27.7 Å². The van der Waals surface area contributed by atoms with Gasteiger partial charge in [-0.2, -0.15) is 4.39 Å². The van der Waals surface area contributed by atoms with E-state index < -0.39 is 57.4 Å². The summed E-state index contributed by atoms with van der Waals surface area (Å²) in [6.45, 7) is 15.8. The van der Waals surface area contributed by atoms with Crippen LogP contribution in [0.5, 0.6) is 0 Å². The highest BCUT2D eigenvalue weighted by Gasteiger charge is 2.47. The molecule has 42 heavy (non-hydrogen) atoms. The van der Waals surface area contributed by atoms with Crippen LogP contribution < -0.4 is 11.2 Å². The number of nitrogens with one attached hydrogen (secondary N) is 1. The standard InChI is InChI=1S/C27H47FN3O9PSi/c1-26(2,3)42(6,7)40-21-15-23(31-16-20(28)24(32)29-25(31)33)38-22(21)18-37-41(34,30-12-9-8-10-13-30)36-14-11-19-17-35-27(4,5)39-19/h16,19,21-23H,8-15,17-18H2,1-7H3,(H,29,32,33)/t19?,21-,22+,23+,41?/m0/s1. The van der Waals surface area contributed by atoms with Crippen molar-refractivity contribution in [3.8, 4) is 0 Å². The van der Waals surface area contributed by atoms with Crippen molar-refractivity contribution in [2.24, 2.45) is 0 Å². The van der Waals surface area contributed by atoms with Crippen LogP contribution in [0.1, 0.15) is 73.0 Å². The van der Waals surface area contributed by atoms with Crippen molar-refractivity contribution >= 4 is 16.1 Å². The largest absolute Gasteiger partial charge is 0.411 e. The van der Waals surface area contributed by atoms with E-state index in [0.717, 1.165) is 30.0 Å². The van der Waals surface area contributed by atoms with Gasteiger partial charge in [0.2, 0.25) is 5.82 Å². The molecule has 4 heterocycles. The molecule has 3 fully saturated rings. The number of aromatic nitrogens is 2. The molecule has 15 heteroatoms. The maximum absolute atomic E-state index is 14.2. The maximum atomic E-state index is 14.2. The van der Waals surface area contributed by atoms with Crippen LogP contribution in [0.3, 0.4) is 0 Å². The summed E-state index contributed by atoms with van der Waals surface area (Å²) in [5.41, 5.74) is -1.89. The lowest BCUT2D eigenvalue weighted by molar-refractivity contribution is -0.139. The minimum Gasteiger partial charge on any atom is -0.411 e. The Bertz CT molecular complexity index is 1240. The van der Waals surface area contributed by atoms with E-state index >= 15 is 0 Å². The van der Waals surface area contributed by atoms with E-state index in [-0.39, 0.29) is 30.8 Å². The molecule has 1 aromatic heterocycles. The van der Waals surface area contributed by atoms with Crippen LogP contribution in [0.25, 0.3) is 0 Å². The number of rotatable bonds is 11. The second kappa shape index (κ2) is 13.0. The molecule has 1 N–H and O–H groups in total. The highest BCUT2D eigenvalue weighted by Crippen LogP contribution is 2.54. The van der Waals surface area contributed by atoms with Crippen molar-refractivity contribution in [3.63, 3.8) is 0 Å². The molecule has 3 aliphatic rings. The number of piperidine rings is 1. The van der Waals surface area contributed by atoms with Crippen molar-refractivity contribution in [1.29, 1.82) is 0 Å². The quantitative estimate of drug-likeness (QED) is 0.274. The zero-order chi connectivity index (χ0) is 30.9. The topological polar surface area (TPSA) is 131 Å².